The molecule has 13 heavy (non-hydrogen) atoms. The molecule has 1 rings (SSSR count). The second-order valence-electron chi connectivity index (χ2n) is 2.95. The molecule has 0 saturated carbocycles. The first-order valence-corrected chi connectivity index (χ1v) is 5.48. The second-order valence-corrected chi connectivity index (χ2v) is 3.80. The number of phenolic OH excluding ortho intramolecular Hbond substituents is 1. The highest BCUT2D eigenvalue weighted by Crippen LogP contribution is 2.30. The summed E-state index contributed by atoms with van der Waals surface area (Å²) in [5.41, 5.74) is 7.38. The van der Waals surface area contributed by atoms with Crippen LogP contribution in [-0.2, 0) is 6.42 Å². The first kappa shape index (κ1) is 10.4. The molecule has 0 radical (unpaired) electrons. The third-order valence-corrected chi connectivity index (χ3v) is 2.88. The van der Waals surface area contributed by atoms with Gasteiger partial charge in [-0.25, -0.2) is 0 Å². The van der Waals surface area contributed by atoms with Crippen molar-refractivity contribution in [2.24, 2.45) is 5.73 Å². The molecule has 0 fully saturated rings. The van der Waals surface area contributed by atoms with Crippen molar-refractivity contribution in [2.75, 3.05) is 12.8 Å². The monoisotopic (exact) mass is 197 g/mol. The van der Waals surface area contributed by atoms with E-state index >= 15 is 0 Å². The zero-order chi connectivity index (χ0) is 9.84. The highest BCUT2D eigenvalue weighted by Gasteiger charge is 2.08. The fourth-order valence-electron chi connectivity index (χ4n) is 1.31. The summed E-state index contributed by atoms with van der Waals surface area (Å²) < 4.78 is 0. The van der Waals surface area contributed by atoms with Crippen molar-refractivity contribution in [3.05, 3.63) is 23.3 Å². The standard InChI is InChI=1S/C10H15NOS/c1-7-3-4-9(13-2)8(5-6-11)10(7)12/h3-4,12H,5-6,11H2,1-2H3. The van der Waals surface area contributed by atoms with Gasteiger partial charge in [-0.15, -0.1) is 11.8 Å². The normalized spacial score (nSPS) is 10.4. The van der Waals surface area contributed by atoms with Crippen molar-refractivity contribution in [1.29, 1.82) is 0 Å². The van der Waals surface area contributed by atoms with Crippen LogP contribution in [0.5, 0.6) is 5.75 Å². The summed E-state index contributed by atoms with van der Waals surface area (Å²) in [4.78, 5) is 1.12. The van der Waals surface area contributed by atoms with Crippen molar-refractivity contribution in [3.63, 3.8) is 0 Å². The van der Waals surface area contributed by atoms with Crippen LogP contribution >= 0.6 is 11.8 Å². The van der Waals surface area contributed by atoms with E-state index in [1.165, 1.54) is 0 Å². The van der Waals surface area contributed by atoms with Gasteiger partial charge in [-0.3, -0.25) is 0 Å². The van der Waals surface area contributed by atoms with Crippen LogP contribution in [0.15, 0.2) is 17.0 Å². The Morgan fingerprint density at radius 1 is 1.46 bits per heavy atom. The highest BCUT2D eigenvalue weighted by atomic mass is 32.2. The number of benzene rings is 1. The number of thioether (sulfide) groups is 1. The van der Waals surface area contributed by atoms with E-state index in [1.54, 1.807) is 11.8 Å². The molecule has 0 bridgehead atoms. The SMILES string of the molecule is CSc1ccc(C)c(O)c1CCN. The maximum Gasteiger partial charge on any atom is 0.122 e. The van der Waals surface area contributed by atoms with Crippen LogP contribution in [0.2, 0.25) is 0 Å². The molecule has 0 heterocycles. The highest BCUT2D eigenvalue weighted by molar-refractivity contribution is 7.98. The molecule has 0 atom stereocenters. The van der Waals surface area contributed by atoms with E-state index in [4.69, 9.17) is 5.73 Å². The first-order valence-electron chi connectivity index (χ1n) is 4.26. The molecule has 0 saturated heterocycles. The molecule has 1 aromatic carbocycles. The van der Waals surface area contributed by atoms with Crippen LogP contribution in [0, 0.1) is 6.92 Å². The average Bonchev–Trinajstić information content (AvgIpc) is 2.14. The van der Waals surface area contributed by atoms with E-state index in [9.17, 15) is 5.11 Å². The van der Waals surface area contributed by atoms with Gasteiger partial charge >= 0.3 is 0 Å². The van der Waals surface area contributed by atoms with Crippen LogP contribution in [0.25, 0.3) is 0 Å². The molecule has 0 amide bonds. The lowest BCUT2D eigenvalue weighted by molar-refractivity contribution is 0.461. The molecule has 3 heteroatoms. The molecule has 0 aliphatic carbocycles. The number of phenols is 1. The summed E-state index contributed by atoms with van der Waals surface area (Å²) in [5, 5.41) is 9.77. The number of aryl methyl sites for hydroxylation is 1. The maximum absolute atomic E-state index is 9.77. The topological polar surface area (TPSA) is 46.2 Å². The summed E-state index contributed by atoms with van der Waals surface area (Å²) >= 11 is 1.64. The van der Waals surface area contributed by atoms with Gasteiger partial charge in [0.2, 0.25) is 0 Å². The molecule has 0 aromatic heterocycles. The Morgan fingerprint density at radius 2 is 2.15 bits per heavy atom. The number of hydrogen-bond donors (Lipinski definition) is 2. The Morgan fingerprint density at radius 3 is 2.69 bits per heavy atom. The largest absolute Gasteiger partial charge is 0.507 e. The molecule has 3 N–H and O–H groups in total. The summed E-state index contributed by atoms with van der Waals surface area (Å²) in [5.74, 6) is 0.400. The van der Waals surface area contributed by atoms with Gasteiger partial charge in [-0.05, 0) is 37.8 Å². The minimum atomic E-state index is 0.400. The summed E-state index contributed by atoms with van der Waals surface area (Å²) in [6, 6.07) is 3.96. The fraction of sp³-hybridized carbons (Fsp3) is 0.400. The minimum Gasteiger partial charge on any atom is -0.507 e. The van der Waals surface area contributed by atoms with E-state index in [0.717, 1.165) is 22.4 Å². The molecule has 0 unspecified atom stereocenters. The number of nitrogens with two attached hydrogens (primary N) is 1. The predicted octanol–water partition coefficient (Wildman–Crippen LogP) is 1.92. The molecule has 72 valence electrons. The third-order valence-electron chi connectivity index (χ3n) is 2.06. The van der Waals surface area contributed by atoms with Crippen LogP contribution in [0.1, 0.15) is 11.1 Å². The predicted molar refractivity (Wildman–Crippen MR) is 57.4 cm³/mol. The lowest BCUT2D eigenvalue weighted by atomic mass is 10.1. The Bertz CT molecular complexity index is 299. The van der Waals surface area contributed by atoms with Gasteiger partial charge in [0, 0.05) is 10.5 Å². The van der Waals surface area contributed by atoms with E-state index in [1.807, 2.05) is 25.3 Å². The Hall–Kier alpha value is -0.670. The minimum absolute atomic E-state index is 0.400. The summed E-state index contributed by atoms with van der Waals surface area (Å²) in [7, 11) is 0. The number of rotatable bonds is 3. The van der Waals surface area contributed by atoms with Crippen molar-refractivity contribution in [2.45, 2.75) is 18.2 Å². The number of hydrogen-bond acceptors (Lipinski definition) is 3. The van der Waals surface area contributed by atoms with Crippen LogP contribution in [0.3, 0.4) is 0 Å². The molecular formula is C10H15NOS. The van der Waals surface area contributed by atoms with Crippen LogP contribution < -0.4 is 5.73 Å². The van der Waals surface area contributed by atoms with Crippen LogP contribution in [-0.4, -0.2) is 17.9 Å². The molecule has 2 nitrogen and oxygen atoms in total. The number of aromatic hydroxyl groups is 1. The van der Waals surface area contributed by atoms with Gasteiger partial charge < -0.3 is 10.8 Å². The van der Waals surface area contributed by atoms with E-state index < -0.39 is 0 Å². The lowest BCUT2D eigenvalue weighted by Gasteiger charge is -2.10. The smallest absolute Gasteiger partial charge is 0.122 e. The van der Waals surface area contributed by atoms with Gasteiger partial charge in [-0.1, -0.05) is 6.07 Å². The molecular weight excluding hydrogens is 182 g/mol. The zero-order valence-corrected chi connectivity index (χ0v) is 8.82. The van der Waals surface area contributed by atoms with Gasteiger partial charge in [0.25, 0.3) is 0 Å². The maximum atomic E-state index is 9.77. The van der Waals surface area contributed by atoms with Crippen LogP contribution in [0.4, 0.5) is 0 Å². The summed E-state index contributed by atoms with van der Waals surface area (Å²) in [6.07, 6.45) is 2.74. The van der Waals surface area contributed by atoms with Crippen molar-refractivity contribution in [3.8, 4) is 5.75 Å². The van der Waals surface area contributed by atoms with Crippen molar-refractivity contribution >= 4 is 11.8 Å². The van der Waals surface area contributed by atoms with Gasteiger partial charge in [0.05, 0.1) is 0 Å². The average molecular weight is 197 g/mol. The molecule has 0 spiro atoms. The lowest BCUT2D eigenvalue weighted by Crippen LogP contribution is -2.04. The summed E-state index contributed by atoms with van der Waals surface area (Å²) in [6.45, 7) is 2.48. The van der Waals surface area contributed by atoms with Crippen molar-refractivity contribution < 1.29 is 5.11 Å². The second kappa shape index (κ2) is 4.53. The fourth-order valence-corrected chi connectivity index (χ4v) is 1.96. The van der Waals surface area contributed by atoms with Crippen molar-refractivity contribution in [1.82, 2.24) is 0 Å². The van der Waals surface area contributed by atoms with Gasteiger partial charge in [0.15, 0.2) is 0 Å². The van der Waals surface area contributed by atoms with E-state index in [-0.39, 0.29) is 0 Å². The Labute approximate surface area is 83.1 Å². The third kappa shape index (κ3) is 2.17. The van der Waals surface area contributed by atoms with E-state index in [0.29, 0.717) is 12.3 Å². The molecule has 0 aliphatic rings. The zero-order valence-electron chi connectivity index (χ0n) is 8.00. The quantitative estimate of drug-likeness (QED) is 0.728. The molecule has 0 aliphatic heterocycles. The van der Waals surface area contributed by atoms with E-state index in [2.05, 4.69) is 0 Å². The van der Waals surface area contributed by atoms with Gasteiger partial charge in [-0.2, -0.15) is 0 Å². The molecule has 1 aromatic rings. The Balaban J connectivity index is 3.15. The first-order chi connectivity index (χ1) is 6.20. The Kier molecular flexibility index (Phi) is 3.63. The van der Waals surface area contributed by atoms with Gasteiger partial charge in [0.1, 0.15) is 5.75 Å².